The van der Waals surface area contributed by atoms with E-state index in [1.165, 1.54) is 16.1 Å². The third-order valence-electron chi connectivity index (χ3n) is 2.82. The van der Waals surface area contributed by atoms with E-state index in [9.17, 15) is 0 Å². The van der Waals surface area contributed by atoms with E-state index in [1.807, 2.05) is 11.8 Å². The van der Waals surface area contributed by atoms with Crippen LogP contribution in [0, 0.1) is 0 Å². The van der Waals surface area contributed by atoms with Gasteiger partial charge in [-0.15, -0.1) is 24.2 Å². The van der Waals surface area contributed by atoms with Gasteiger partial charge in [0, 0.05) is 16.3 Å². The first-order valence-corrected chi connectivity index (χ1v) is 6.45. The summed E-state index contributed by atoms with van der Waals surface area (Å²) < 4.78 is 0. The quantitative estimate of drug-likeness (QED) is 0.820. The molecular weight excluding hydrogens is 250 g/mol. The third kappa shape index (κ3) is 2.59. The second kappa shape index (κ2) is 5.48. The molecule has 1 unspecified atom stereocenters. The van der Waals surface area contributed by atoms with E-state index in [4.69, 9.17) is 0 Å². The summed E-state index contributed by atoms with van der Waals surface area (Å²) >= 11 is 1.93. The standard InChI is InChI=1S/C14H13NS.ClH/c1-2-6-11(7-3-1)13-10-16-14-9-5-4-8-12(14)15-13;/h1-9,13,15H,10H2;1H. The monoisotopic (exact) mass is 263 g/mol. The SMILES string of the molecule is Cl.c1ccc(C2CSc3ccccc3N2)cc1. The van der Waals surface area contributed by atoms with Gasteiger partial charge in [-0.1, -0.05) is 42.5 Å². The van der Waals surface area contributed by atoms with E-state index < -0.39 is 0 Å². The molecule has 0 bridgehead atoms. The van der Waals surface area contributed by atoms with Crippen molar-refractivity contribution in [3.8, 4) is 0 Å². The topological polar surface area (TPSA) is 12.0 Å². The zero-order valence-electron chi connectivity index (χ0n) is 9.30. The first-order chi connectivity index (χ1) is 7.93. The van der Waals surface area contributed by atoms with Gasteiger partial charge in [0.05, 0.1) is 6.04 Å². The van der Waals surface area contributed by atoms with Gasteiger partial charge in [-0.3, -0.25) is 0 Å². The average molecular weight is 264 g/mol. The highest BCUT2D eigenvalue weighted by atomic mass is 35.5. The van der Waals surface area contributed by atoms with Crippen LogP contribution in [0.5, 0.6) is 0 Å². The number of rotatable bonds is 1. The maximum absolute atomic E-state index is 3.59. The minimum atomic E-state index is 0. The lowest BCUT2D eigenvalue weighted by molar-refractivity contribution is 0.880. The maximum atomic E-state index is 3.59. The number of hydrogen-bond acceptors (Lipinski definition) is 2. The molecule has 17 heavy (non-hydrogen) atoms. The van der Waals surface area contributed by atoms with Crippen molar-refractivity contribution in [1.82, 2.24) is 0 Å². The Balaban J connectivity index is 0.00000108. The minimum Gasteiger partial charge on any atom is -0.376 e. The lowest BCUT2D eigenvalue weighted by Crippen LogP contribution is -2.17. The largest absolute Gasteiger partial charge is 0.376 e. The molecule has 1 aliphatic heterocycles. The fraction of sp³-hybridized carbons (Fsp3) is 0.143. The van der Waals surface area contributed by atoms with Crippen LogP contribution >= 0.6 is 24.2 Å². The van der Waals surface area contributed by atoms with Crippen molar-refractivity contribution >= 4 is 29.9 Å². The second-order valence-corrected chi connectivity index (χ2v) is 4.98. The molecule has 2 aromatic rings. The van der Waals surface area contributed by atoms with Gasteiger partial charge in [0.15, 0.2) is 0 Å². The summed E-state index contributed by atoms with van der Waals surface area (Å²) in [6, 6.07) is 19.6. The van der Waals surface area contributed by atoms with Crippen LogP contribution in [0.15, 0.2) is 59.5 Å². The lowest BCUT2D eigenvalue weighted by atomic mass is 10.1. The van der Waals surface area contributed by atoms with Gasteiger partial charge in [-0.2, -0.15) is 0 Å². The number of thioether (sulfide) groups is 1. The van der Waals surface area contributed by atoms with Crippen LogP contribution < -0.4 is 5.32 Å². The van der Waals surface area contributed by atoms with E-state index in [0.717, 1.165) is 5.75 Å². The van der Waals surface area contributed by atoms with Gasteiger partial charge in [0.1, 0.15) is 0 Å². The van der Waals surface area contributed by atoms with Crippen LogP contribution in [0.1, 0.15) is 11.6 Å². The summed E-state index contributed by atoms with van der Waals surface area (Å²) in [7, 11) is 0. The summed E-state index contributed by atoms with van der Waals surface area (Å²) in [6.07, 6.45) is 0. The molecule has 0 saturated carbocycles. The van der Waals surface area contributed by atoms with E-state index in [2.05, 4.69) is 59.9 Å². The molecule has 2 aromatic carbocycles. The normalized spacial score (nSPS) is 17.5. The van der Waals surface area contributed by atoms with Crippen LogP contribution in [0.2, 0.25) is 0 Å². The summed E-state index contributed by atoms with van der Waals surface area (Å²) in [5, 5.41) is 3.59. The molecule has 1 atom stereocenters. The molecule has 1 nitrogen and oxygen atoms in total. The number of fused-ring (bicyclic) bond motifs is 1. The molecule has 3 rings (SSSR count). The predicted octanol–water partition coefficient (Wildman–Crippen LogP) is 4.37. The van der Waals surface area contributed by atoms with E-state index >= 15 is 0 Å². The lowest BCUT2D eigenvalue weighted by Gasteiger charge is -2.26. The Kier molecular flexibility index (Phi) is 3.97. The van der Waals surface area contributed by atoms with Crippen molar-refractivity contribution < 1.29 is 0 Å². The van der Waals surface area contributed by atoms with Gasteiger partial charge in [0.25, 0.3) is 0 Å². The molecule has 88 valence electrons. The Morgan fingerprint density at radius 2 is 1.65 bits per heavy atom. The fourth-order valence-corrected chi connectivity index (χ4v) is 3.06. The second-order valence-electron chi connectivity index (χ2n) is 3.91. The number of hydrogen-bond donors (Lipinski definition) is 1. The molecule has 0 amide bonds. The van der Waals surface area contributed by atoms with Crippen molar-refractivity contribution in [3.05, 3.63) is 60.2 Å². The van der Waals surface area contributed by atoms with Gasteiger partial charge < -0.3 is 5.32 Å². The first kappa shape index (κ1) is 12.3. The number of para-hydroxylation sites is 1. The highest BCUT2D eigenvalue weighted by molar-refractivity contribution is 7.99. The highest BCUT2D eigenvalue weighted by Crippen LogP contribution is 2.37. The molecule has 0 saturated heterocycles. The third-order valence-corrected chi connectivity index (χ3v) is 3.99. The molecule has 1 N–H and O–H groups in total. The predicted molar refractivity (Wildman–Crippen MR) is 77.2 cm³/mol. The van der Waals surface area contributed by atoms with Crippen LogP contribution in [-0.2, 0) is 0 Å². The Morgan fingerprint density at radius 3 is 2.47 bits per heavy atom. The van der Waals surface area contributed by atoms with Gasteiger partial charge in [-0.25, -0.2) is 0 Å². The summed E-state index contributed by atoms with van der Waals surface area (Å²) in [5.74, 6) is 1.10. The Bertz CT molecular complexity index is 487. The number of anilines is 1. The molecule has 0 aromatic heterocycles. The maximum Gasteiger partial charge on any atom is 0.0608 e. The van der Waals surface area contributed by atoms with E-state index in [1.54, 1.807) is 0 Å². The molecule has 1 aliphatic rings. The molecule has 0 aliphatic carbocycles. The highest BCUT2D eigenvalue weighted by Gasteiger charge is 2.18. The first-order valence-electron chi connectivity index (χ1n) is 5.47. The molecule has 1 heterocycles. The molecule has 0 fully saturated rings. The molecular formula is C14H14ClNS. The van der Waals surface area contributed by atoms with Gasteiger partial charge in [0.2, 0.25) is 0 Å². The van der Waals surface area contributed by atoms with E-state index in [-0.39, 0.29) is 12.4 Å². The summed E-state index contributed by atoms with van der Waals surface area (Å²) in [4.78, 5) is 1.36. The van der Waals surface area contributed by atoms with Crippen molar-refractivity contribution in [2.75, 3.05) is 11.1 Å². The van der Waals surface area contributed by atoms with Crippen molar-refractivity contribution in [3.63, 3.8) is 0 Å². The molecule has 0 spiro atoms. The van der Waals surface area contributed by atoms with Crippen molar-refractivity contribution in [2.45, 2.75) is 10.9 Å². The molecule has 0 radical (unpaired) electrons. The minimum absolute atomic E-state index is 0. The molecule has 3 heteroatoms. The van der Waals surface area contributed by atoms with Crippen LogP contribution in [0.3, 0.4) is 0 Å². The van der Waals surface area contributed by atoms with Crippen molar-refractivity contribution in [1.29, 1.82) is 0 Å². The Hall–Kier alpha value is -1.12. The zero-order chi connectivity index (χ0) is 10.8. The summed E-state index contributed by atoms with van der Waals surface area (Å²) in [6.45, 7) is 0. The van der Waals surface area contributed by atoms with Crippen molar-refractivity contribution in [2.24, 2.45) is 0 Å². The van der Waals surface area contributed by atoms with Crippen LogP contribution in [0.4, 0.5) is 5.69 Å². The van der Waals surface area contributed by atoms with Crippen LogP contribution in [0.25, 0.3) is 0 Å². The van der Waals surface area contributed by atoms with Crippen LogP contribution in [-0.4, -0.2) is 5.75 Å². The Labute approximate surface area is 112 Å². The average Bonchev–Trinajstić information content (AvgIpc) is 2.39. The zero-order valence-corrected chi connectivity index (χ0v) is 10.9. The summed E-state index contributed by atoms with van der Waals surface area (Å²) in [5.41, 5.74) is 2.62. The smallest absolute Gasteiger partial charge is 0.0608 e. The Morgan fingerprint density at radius 1 is 0.941 bits per heavy atom. The van der Waals surface area contributed by atoms with Gasteiger partial charge in [-0.05, 0) is 17.7 Å². The fourth-order valence-electron chi connectivity index (χ4n) is 1.98. The van der Waals surface area contributed by atoms with E-state index in [0.29, 0.717) is 6.04 Å². The number of nitrogens with one attached hydrogen (secondary N) is 1. The van der Waals surface area contributed by atoms with Gasteiger partial charge >= 0.3 is 0 Å². The number of benzene rings is 2. The number of halogens is 1.